The van der Waals surface area contributed by atoms with Gasteiger partial charge in [-0.05, 0) is 54.4 Å². The number of benzene rings is 3. The molecule has 0 aliphatic heterocycles. The first-order valence-electron chi connectivity index (χ1n) is 13.0. The summed E-state index contributed by atoms with van der Waals surface area (Å²) in [5.74, 6) is -1.03. The van der Waals surface area contributed by atoms with Crippen LogP contribution in [0.25, 0.3) is 39.4 Å². The molecule has 242 valence electrons. The van der Waals surface area contributed by atoms with Crippen molar-refractivity contribution in [3.8, 4) is 45.1 Å². The summed E-state index contributed by atoms with van der Waals surface area (Å²) in [6.45, 7) is 2.76. The van der Waals surface area contributed by atoms with E-state index in [9.17, 15) is 43.5 Å². The zero-order chi connectivity index (χ0) is 33.8. The number of hydrogen-bond acceptors (Lipinski definition) is 6. The van der Waals surface area contributed by atoms with Gasteiger partial charge in [0.15, 0.2) is 27.2 Å². The van der Waals surface area contributed by atoms with Gasteiger partial charge in [0.2, 0.25) is 0 Å². The van der Waals surface area contributed by atoms with Gasteiger partial charge in [-0.3, -0.25) is 0 Å². The Morgan fingerprint density at radius 3 is 2.09 bits per heavy atom. The largest absolute Gasteiger partial charge is 0.499 e. The molecule has 0 amide bonds. The van der Waals surface area contributed by atoms with Crippen molar-refractivity contribution >= 4 is 9.84 Å². The van der Waals surface area contributed by atoms with Gasteiger partial charge in [0.05, 0.1) is 10.6 Å². The molecule has 5 rings (SSSR count). The molecule has 2 heterocycles. The van der Waals surface area contributed by atoms with Crippen LogP contribution in [-0.2, 0) is 16.0 Å². The van der Waals surface area contributed by atoms with Gasteiger partial charge in [-0.25, -0.2) is 18.4 Å². The zero-order valence-corrected chi connectivity index (χ0v) is 24.7. The molecule has 5 aromatic rings. The minimum atomic E-state index is -6.00. The number of aromatic nitrogens is 3. The molecule has 3 aromatic carbocycles. The third kappa shape index (κ3) is 6.47. The summed E-state index contributed by atoms with van der Waals surface area (Å²) in [6, 6.07) is 14.6. The van der Waals surface area contributed by atoms with Gasteiger partial charge in [0.25, 0.3) is 0 Å². The van der Waals surface area contributed by atoms with Crippen molar-refractivity contribution in [2.24, 2.45) is 0 Å². The fraction of sp³-hybridized carbons (Fsp3) is 0.200. The van der Waals surface area contributed by atoms with Gasteiger partial charge in [-0.2, -0.15) is 35.1 Å². The number of alkyl halides is 8. The Morgan fingerprint density at radius 1 is 0.804 bits per heavy atom. The van der Waals surface area contributed by atoms with Crippen molar-refractivity contribution in [2.75, 3.05) is 6.26 Å². The molecule has 0 radical (unpaired) electrons. The quantitative estimate of drug-likeness (QED) is 0.162. The molecule has 0 saturated carbocycles. The zero-order valence-electron chi connectivity index (χ0n) is 23.8. The smallest absolute Gasteiger partial charge is 0.440 e. The highest BCUT2D eigenvalue weighted by Gasteiger charge is 2.61. The van der Waals surface area contributed by atoms with Crippen LogP contribution >= 0.6 is 0 Å². The molecule has 0 aliphatic rings. The van der Waals surface area contributed by atoms with Crippen LogP contribution < -0.4 is 4.74 Å². The van der Waals surface area contributed by atoms with Crippen molar-refractivity contribution < 1.29 is 52.7 Å². The molecular formula is C30H21F8N3O4S. The Bertz CT molecular complexity index is 2050. The molecule has 2 aromatic heterocycles. The van der Waals surface area contributed by atoms with E-state index in [-0.39, 0.29) is 44.9 Å². The molecule has 0 atom stereocenters. The van der Waals surface area contributed by atoms with Crippen molar-refractivity contribution in [3.05, 3.63) is 90.3 Å². The molecule has 16 heteroatoms. The maximum absolute atomic E-state index is 13.7. The predicted octanol–water partition coefficient (Wildman–Crippen LogP) is 8.43. The van der Waals surface area contributed by atoms with Crippen LogP contribution in [0.15, 0.2) is 82.2 Å². The van der Waals surface area contributed by atoms with Crippen molar-refractivity contribution in [3.63, 3.8) is 0 Å². The lowest BCUT2D eigenvalue weighted by Gasteiger charge is -2.20. The van der Waals surface area contributed by atoms with Crippen molar-refractivity contribution in [1.82, 2.24) is 14.5 Å². The number of nitrogens with zero attached hydrogens (tertiary/aromatic N) is 3. The molecule has 46 heavy (non-hydrogen) atoms. The molecule has 0 N–H and O–H groups in total. The number of rotatable bonds is 7. The van der Waals surface area contributed by atoms with Crippen LogP contribution in [-0.4, -0.2) is 41.5 Å². The predicted molar refractivity (Wildman–Crippen MR) is 149 cm³/mol. The minimum absolute atomic E-state index is 0.00124. The summed E-state index contributed by atoms with van der Waals surface area (Å²) in [6.07, 6.45) is -14.5. The van der Waals surface area contributed by atoms with Crippen molar-refractivity contribution in [2.45, 2.75) is 37.2 Å². The van der Waals surface area contributed by atoms with Crippen molar-refractivity contribution in [1.29, 1.82) is 0 Å². The average molecular weight is 672 g/mol. The molecule has 0 aliphatic carbocycles. The normalized spacial score (nSPS) is 12.8. The van der Waals surface area contributed by atoms with Crippen LogP contribution in [0.2, 0.25) is 0 Å². The standard InChI is InChI=1S/C30H21F8N3O4S/c1-16-39-25(28(31,32)33)15-41(16)24-11-10-19(18-6-5-9-22(13-18)46(3,42)43)14-23(24)26-27(44-17(2)40-26)20-7-4-8-21(12-20)45-30(37,38)29(34,35)36/h4-15H,1-3H3. The van der Waals surface area contributed by atoms with Gasteiger partial charge in [-0.1, -0.05) is 30.3 Å². The monoisotopic (exact) mass is 671 g/mol. The van der Waals surface area contributed by atoms with E-state index in [1.165, 1.54) is 56.3 Å². The lowest BCUT2D eigenvalue weighted by molar-refractivity contribution is -0.360. The summed E-state index contributed by atoms with van der Waals surface area (Å²) in [7, 11) is -3.61. The van der Waals surface area contributed by atoms with Crippen LogP contribution in [0.5, 0.6) is 5.75 Å². The second kappa shape index (κ2) is 11.3. The number of sulfone groups is 1. The molecule has 0 fully saturated rings. The van der Waals surface area contributed by atoms with Gasteiger partial charge in [0, 0.05) is 30.5 Å². The van der Waals surface area contributed by atoms with Gasteiger partial charge >= 0.3 is 18.5 Å². The molecule has 0 saturated heterocycles. The maximum Gasteiger partial charge on any atom is 0.499 e. The van der Waals surface area contributed by atoms with Gasteiger partial charge in [-0.15, -0.1) is 0 Å². The number of oxazole rings is 1. The molecular weight excluding hydrogens is 650 g/mol. The lowest BCUT2D eigenvalue weighted by Crippen LogP contribution is -2.41. The Hall–Kier alpha value is -4.73. The van der Waals surface area contributed by atoms with Crippen LogP contribution in [0.4, 0.5) is 35.1 Å². The summed E-state index contributed by atoms with van der Waals surface area (Å²) >= 11 is 0. The van der Waals surface area contributed by atoms with E-state index in [0.717, 1.165) is 35.2 Å². The van der Waals surface area contributed by atoms with E-state index < -0.39 is 39.7 Å². The highest BCUT2D eigenvalue weighted by Crippen LogP contribution is 2.42. The van der Waals surface area contributed by atoms with E-state index in [4.69, 9.17) is 4.42 Å². The number of halogens is 8. The topological polar surface area (TPSA) is 87.2 Å². The summed E-state index contributed by atoms with van der Waals surface area (Å²) in [5, 5.41) is 0. The van der Waals surface area contributed by atoms with Crippen LogP contribution in [0.3, 0.4) is 0 Å². The Labute approximate surface area is 256 Å². The SMILES string of the molecule is Cc1nc(-c2cc(-c3cccc(S(C)(=O)=O)c3)ccc2-n2cc(C(F)(F)F)nc2C)c(-c2cccc(OC(F)(F)C(F)(F)F)c2)o1. The van der Waals surface area contributed by atoms with E-state index in [1.54, 1.807) is 6.07 Å². The summed E-state index contributed by atoms with van der Waals surface area (Å²) < 4.78 is 142. The number of ether oxygens (including phenoxy) is 1. The minimum Gasteiger partial charge on any atom is -0.440 e. The molecule has 0 unspecified atom stereocenters. The highest BCUT2D eigenvalue weighted by atomic mass is 32.2. The average Bonchev–Trinajstić information content (AvgIpc) is 3.54. The van der Waals surface area contributed by atoms with Gasteiger partial charge in [0.1, 0.15) is 17.3 Å². The Kier molecular flexibility index (Phi) is 7.99. The first kappa shape index (κ1) is 32.7. The molecule has 0 spiro atoms. The summed E-state index contributed by atoms with van der Waals surface area (Å²) in [4.78, 5) is 7.99. The first-order valence-corrected chi connectivity index (χ1v) is 14.9. The number of imidazole rings is 1. The maximum atomic E-state index is 13.7. The van der Waals surface area contributed by atoms with E-state index in [2.05, 4.69) is 14.7 Å². The third-order valence-electron chi connectivity index (χ3n) is 6.69. The fourth-order valence-electron chi connectivity index (χ4n) is 4.59. The van der Waals surface area contributed by atoms with Gasteiger partial charge < -0.3 is 13.7 Å². The van der Waals surface area contributed by atoms with E-state index in [0.29, 0.717) is 11.1 Å². The third-order valence-corrected chi connectivity index (χ3v) is 7.80. The Balaban J connectivity index is 1.73. The number of aryl methyl sites for hydroxylation is 2. The second-order valence-corrected chi connectivity index (χ2v) is 12.1. The first-order chi connectivity index (χ1) is 21.2. The second-order valence-electron chi connectivity index (χ2n) is 10.1. The van der Waals surface area contributed by atoms with E-state index >= 15 is 0 Å². The lowest BCUT2D eigenvalue weighted by atomic mass is 9.98. The Morgan fingerprint density at radius 2 is 1.46 bits per heavy atom. The van der Waals surface area contributed by atoms with E-state index in [1.807, 2.05) is 0 Å². The molecule has 0 bridgehead atoms. The fourth-order valence-corrected chi connectivity index (χ4v) is 5.25. The van der Waals surface area contributed by atoms with Crippen LogP contribution in [0.1, 0.15) is 17.4 Å². The summed E-state index contributed by atoms with van der Waals surface area (Å²) in [5.41, 5.74) is -0.167. The van der Waals surface area contributed by atoms with Crippen LogP contribution in [0, 0.1) is 13.8 Å². The molecule has 7 nitrogen and oxygen atoms in total. The highest BCUT2D eigenvalue weighted by molar-refractivity contribution is 7.90. The number of hydrogen-bond donors (Lipinski definition) is 0.